The second kappa shape index (κ2) is 9.99. The van der Waals surface area contributed by atoms with Gasteiger partial charge in [-0.2, -0.15) is 0 Å². The van der Waals surface area contributed by atoms with Crippen molar-refractivity contribution in [1.82, 2.24) is 9.55 Å². The van der Waals surface area contributed by atoms with E-state index >= 15 is 0 Å². The van der Waals surface area contributed by atoms with Crippen LogP contribution in [-0.4, -0.2) is 65.9 Å². The third-order valence-corrected chi connectivity index (χ3v) is 5.76. The molecule has 0 aliphatic carbocycles. The molecule has 13 nitrogen and oxygen atoms in total. The molecular weight excluding hydrogens is 446 g/mol. The van der Waals surface area contributed by atoms with E-state index in [-0.39, 0.29) is 25.2 Å². The van der Waals surface area contributed by atoms with Crippen molar-refractivity contribution >= 4 is 15.2 Å². The second-order valence-electron chi connectivity index (χ2n) is 6.86. The molecule has 1 aromatic rings. The fraction of sp³-hybridized carbons (Fsp3) is 0.733. The lowest BCUT2D eigenvalue weighted by molar-refractivity contribution is -0.205. The Morgan fingerprint density at radius 1 is 1.27 bits per heavy atom. The fourth-order valence-electron chi connectivity index (χ4n) is 3.02. The number of aromatic nitrogens is 2. The third-order valence-electron chi connectivity index (χ3n) is 4.31. The number of nitrogens with zero attached hydrogens (tertiary/aromatic N) is 1. The smallest absolute Gasteiger partial charge is 0.330 e. The predicted octanol–water partition coefficient (Wildman–Crippen LogP) is -1.72. The van der Waals surface area contributed by atoms with Gasteiger partial charge in [0.1, 0.15) is 27.4 Å². The van der Waals surface area contributed by atoms with Crippen molar-refractivity contribution in [3.05, 3.63) is 32.6 Å². The van der Waals surface area contributed by atoms with Crippen molar-refractivity contribution in [2.75, 3.05) is 33.2 Å². The lowest BCUT2D eigenvalue weighted by Gasteiger charge is -2.30. The van der Waals surface area contributed by atoms with Crippen LogP contribution in [0.15, 0.2) is 15.8 Å². The summed E-state index contributed by atoms with van der Waals surface area (Å²) in [5, 5.41) is 0. The highest BCUT2D eigenvalue weighted by atomic mass is 31.2. The number of rotatable bonds is 10. The lowest BCUT2D eigenvalue weighted by Crippen LogP contribution is -2.41. The highest BCUT2D eigenvalue weighted by molar-refractivity contribution is 7.50. The fourth-order valence-corrected chi connectivity index (χ4v) is 4.30. The summed E-state index contributed by atoms with van der Waals surface area (Å²) in [4.78, 5) is 58.2. The molecule has 0 amide bonds. The van der Waals surface area contributed by atoms with Crippen LogP contribution in [0.2, 0.25) is 0 Å². The molecule has 1 saturated heterocycles. The van der Waals surface area contributed by atoms with Gasteiger partial charge in [0.15, 0.2) is 6.23 Å². The van der Waals surface area contributed by atoms with Crippen LogP contribution < -0.4 is 21.0 Å². The summed E-state index contributed by atoms with van der Waals surface area (Å²) >= 11 is 0. The van der Waals surface area contributed by atoms with Crippen LogP contribution in [0.4, 0.5) is 0 Å². The molecule has 0 radical (unpaired) electrons. The van der Waals surface area contributed by atoms with Crippen molar-refractivity contribution in [2.45, 2.75) is 37.9 Å². The first kappa shape index (κ1) is 25.1. The van der Waals surface area contributed by atoms with Crippen molar-refractivity contribution in [1.29, 1.82) is 0 Å². The van der Waals surface area contributed by atoms with Crippen molar-refractivity contribution in [3.63, 3.8) is 0 Å². The number of hydrogen-bond acceptors (Lipinski definition) is 10. The highest BCUT2D eigenvalue weighted by Gasteiger charge is 2.48. The molecule has 0 spiro atoms. The molecule has 15 heteroatoms. The van der Waals surface area contributed by atoms with Gasteiger partial charge in [0.05, 0.1) is 19.3 Å². The molecule has 6 unspecified atom stereocenters. The van der Waals surface area contributed by atoms with E-state index in [2.05, 4.69) is 4.98 Å². The van der Waals surface area contributed by atoms with E-state index in [9.17, 15) is 28.5 Å². The van der Waals surface area contributed by atoms with Crippen LogP contribution in [-0.2, 0) is 27.9 Å². The van der Waals surface area contributed by atoms with Gasteiger partial charge in [-0.25, -0.2) is 4.79 Å². The molecule has 6 atom stereocenters. The Balaban J connectivity index is 2.45. The maximum atomic E-state index is 12.3. The van der Waals surface area contributed by atoms with E-state index in [1.165, 1.54) is 20.2 Å². The number of nitrogens with one attached hydrogen (secondary N) is 1. The Bertz CT molecular complexity index is 933. The van der Waals surface area contributed by atoms with Crippen LogP contribution in [0.25, 0.3) is 0 Å². The Morgan fingerprint density at radius 3 is 2.50 bits per heavy atom. The van der Waals surface area contributed by atoms with Gasteiger partial charge >= 0.3 is 5.69 Å². The molecule has 0 aromatic carbocycles. The molecule has 1 aliphatic heterocycles. The summed E-state index contributed by atoms with van der Waals surface area (Å²) in [6.45, 7) is 2.39. The van der Waals surface area contributed by atoms with Crippen molar-refractivity contribution < 1.29 is 42.5 Å². The summed E-state index contributed by atoms with van der Waals surface area (Å²) in [6.07, 6.45) is -4.69. The average molecular weight is 470 g/mol. The monoisotopic (exact) mass is 470 g/mol. The number of aromatic amines is 1. The number of H-pyrrole nitrogens is 1. The summed E-state index contributed by atoms with van der Waals surface area (Å²) in [6, 6.07) is 0. The van der Waals surface area contributed by atoms with E-state index in [1.54, 1.807) is 0 Å². The predicted molar refractivity (Wildman–Crippen MR) is 99.3 cm³/mol. The molecule has 172 valence electrons. The number of methoxy groups -OCH3 is 1. The maximum Gasteiger partial charge on any atom is 0.330 e. The molecule has 0 bridgehead atoms. The van der Waals surface area contributed by atoms with Gasteiger partial charge in [0, 0.05) is 31.7 Å². The summed E-state index contributed by atoms with van der Waals surface area (Å²) in [7, 11) is -7.58. The van der Waals surface area contributed by atoms with E-state index in [4.69, 9.17) is 23.6 Å². The highest BCUT2D eigenvalue weighted by Crippen LogP contribution is 2.44. The Morgan fingerprint density at radius 2 is 1.93 bits per heavy atom. The standard InChI is InChI=1S/C15H26N2O11P2/c1-9-8-17(15(19)16-13(9)18)14-12(26-6-5-25-2)11(28-29(3,20)21)10(27-14)4-7-30(22,23)24/h8,10-12,14H,4-7H2,1-3H3,(H,20,21)(H,16,18,19)(H2,22,23,24)/p-2. The summed E-state index contributed by atoms with van der Waals surface area (Å²) < 4.78 is 45.4. The summed E-state index contributed by atoms with van der Waals surface area (Å²) in [5.41, 5.74) is -1.27. The van der Waals surface area contributed by atoms with Crippen LogP contribution in [0, 0.1) is 6.92 Å². The Kier molecular flexibility index (Phi) is 8.36. The van der Waals surface area contributed by atoms with Gasteiger partial charge in [0.25, 0.3) is 5.56 Å². The van der Waals surface area contributed by atoms with Crippen LogP contribution in [0.5, 0.6) is 0 Å². The molecule has 30 heavy (non-hydrogen) atoms. The molecule has 2 rings (SSSR count). The van der Waals surface area contributed by atoms with Gasteiger partial charge in [-0.05, 0) is 13.3 Å². The van der Waals surface area contributed by atoms with Gasteiger partial charge < -0.3 is 42.5 Å². The lowest BCUT2D eigenvalue weighted by atomic mass is 10.1. The first-order chi connectivity index (χ1) is 13.8. The van der Waals surface area contributed by atoms with Crippen molar-refractivity contribution in [2.24, 2.45) is 0 Å². The van der Waals surface area contributed by atoms with Gasteiger partial charge in [-0.3, -0.25) is 14.3 Å². The molecular formula is C15H24N2O11P2-2. The molecule has 1 fully saturated rings. The third kappa shape index (κ3) is 6.94. The largest absolute Gasteiger partial charge is 0.779 e. The zero-order chi connectivity index (χ0) is 22.7. The Labute approximate surface area is 171 Å². The molecule has 1 aliphatic rings. The van der Waals surface area contributed by atoms with Crippen LogP contribution in [0.3, 0.4) is 0 Å². The second-order valence-corrected chi connectivity index (χ2v) is 10.3. The van der Waals surface area contributed by atoms with E-state index in [0.29, 0.717) is 0 Å². The van der Waals surface area contributed by atoms with Gasteiger partial charge in [-0.15, -0.1) is 0 Å². The normalized spacial score (nSPS) is 28.2. The SMILES string of the molecule is COCCOC1C(OP(C)(=O)[O-])C(CCP(=O)([O-])O)OC1n1cc(C)c(=O)[nH]c1=O. The zero-order valence-corrected chi connectivity index (χ0v) is 18.4. The van der Waals surface area contributed by atoms with Crippen molar-refractivity contribution in [3.8, 4) is 0 Å². The van der Waals surface area contributed by atoms with E-state index in [0.717, 1.165) is 11.2 Å². The van der Waals surface area contributed by atoms with E-state index in [1.807, 2.05) is 0 Å². The van der Waals surface area contributed by atoms with Crippen LogP contribution >= 0.6 is 15.2 Å². The molecule has 1 aromatic heterocycles. The number of hydrogen-bond donors (Lipinski definition) is 2. The average Bonchev–Trinajstić information content (AvgIpc) is 2.92. The first-order valence-electron chi connectivity index (χ1n) is 8.90. The minimum atomic E-state index is -4.67. The first-order valence-corrected chi connectivity index (χ1v) is 12.7. The number of aryl methyl sites for hydroxylation is 1. The quantitative estimate of drug-likeness (QED) is 0.292. The maximum absolute atomic E-state index is 12.3. The van der Waals surface area contributed by atoms with Gasteiger partial charge in [0.2, 0.25) is 0 Å². The molecule has 2 N–H and O–H groups in total. The molecule has 2 heterocycles. The van der Waals surface area contributed by atoms with E-state index < -0.39 is 57.1 Å². The Hall–Kier alpha value is -1.14. The van der Waals surface area contributed by atoms with Crippen LogP contribution in [0.1, 0.15) is 18.2 Å². The zero-order valence-electron chi connectivity index (χ0n) is 16.6. The molecule has 0 saturated carbocycles. The summed E-state index contributed by atoms with van der Waals surface area (Å²) in [5.74, 6) is 0. The minimum Gasteiger partial charge on any atom is -0.779 e. The van der Waals surface area contributed by atoms with Gasteiger partial charge in [-0.1, -0.05) is 0 Å². The topological polar surface area (TPSA) is 192 Å². The number of ether oxygens (including phenoxy) is 3. The minimum absolute atomic E-state index is 0.0163.